The van der Waals surface area contributed by atoms with Crippen molar-refractivity contribution < 1.29 is 13.2 Å². The van der Waals surface area contributed by atoms with E-state index in [1.807, 2.05) is 0 Å². The van der Waals surface area contributed by atoms with Crippen molar-refractivity contribution in [1.82, 2.24) is 4.72 Å². The Hall–Kier alpha value is -1.40. The number of amides is 1. The predicted molar refractivity (Wildman–Crippen MR) is 78.7 cm³/mol. The first-order valence-corrected chi connectivity index (χ1v) is 8.02. The molecule has 1 amide bonds. The van der Waals surface area contributed by atoms with Crippen molar-refractivity contribution in [2.75, 3.05) is 0 Å². The van der Waals surface area contributed by atoms with Gasteiger partial charge in [-0.2, -0.15) is 4.72 Å². The van der Waals surface area contributed by atoms with Crippen LogP contribution >= 0.6 is 0 Å². The quantitative estimate of drug-likeness (QED) is 0.838. The fraction of sp³-hybridized carbons (Fsp3) is 0.500. The highest BCUT2D eigenvalue weighted by molar-refractivity contribution is 7.89. The monoisotopic (exact) mass is 298 g/mol. The van der Waals surface area contributed by atoms with Crippen molar-refractivity contribution in [1.29, 1.82) is 0 Å². The molecule has 5 nitrogen and oxygen atoms in total. The molecule has 1 unspecified atom stereocenters. The number of carbonyl (C=O) groups excluding carboxylic acids is 1. The van der Waals surface area contributed by atoms with E-state index in [1.165, 1.54) is 13.8 Å². The van der Waals surface area contributed by atoms with Crippen LogP contribution in [0.4, 0.5) is 0 Å². The molecule has 0 aliphatic rings. The average Bonchev–Trinajstić information content (AvgIpc) is 2.36. The zero-order valence-electron chi connectivity index (χ0n) is 12.3. The van der Waals surface area contributed by atoms with Gasteiger partial charge in [-0.25, -0.2) is 8.42 Å². The van der Waals surface area contributed by atoms with Crippen LogP contribution in [0.3, 0.4) is 0 Å². The first-order chi connectivity index (χ1) is 9.10. The fourth-order valence-corrected chi connectivity index (χ4v) is 3.04. The SMILES string of the molecule is CCC(C)c1ccc(S(=O)(=O)NC(C)(C)C(N)=O)cc1. The molecular formula is C14H22N2O3S. The lowest BCUT2D eigenvalue weighted by Crippen LogP contribution is -2.52. The van der Waals surface area contributed by atoms with Crippen molar-refractivity contribution in [3.63, 3.8) is 0 Å². The van der Waals surface area contributed by atoms with E-state index in [2.05, 4.69) is 18.6 Å². The number of benzene rings is 1. The lowest BCUT2D eigenvalue weighted by atomic mass is 9.99. The van der Waals surface area contributed by atoms with Gasteiger partial charge >= 0.3 is 0 Å². The minimum atomic E-state index is -3.76. The van der Waals surface area contributed by atoms with Crippen molar-refractivity contribution >= 4 is 15.9 Å². The molecule has 0 radical (unpaired) electrons. The zero-order valence-corrected chi connectivity index (χ0v) is 13.1. The number of nitrogens with two attached hydrogens (primary N) is 1. The number of hydrogen-bond acceptors (Lipinski definition) is 3. The highest BCUT2D eigenvalue weighted by Gasteiger charge is 2.31. The van der Waals surface area contributed by atoms with Gasteiger partial charge in [0.25, 0.3) is 0 Å². The summed E-state index contributed by atoms with van der Waals surface area (Å²) in [6.07, 6.45) is 0.985. The van der Waals surface area contributed by atoms with Gasteiger partial charge in [0.05, 0.1) is 4.90 Å². The van der Waals surface area contributed by atoms with Crippen LogP contribution in [0.5, 0.6) is 0 Å². The molecule has 0 aliphatic carbocycles. The molecule has 112 valence electrons. The van der Waals surface area contributed by atoms with Crippen LogP contribution in [-0.4, -0.2) is 19.9 Å². The smallest absolute Gasteiger partial charge is 0.241 e. The van der Waals surface area contributed by atoms with E-state index in [0.29, 0.717) is 5.92 Å². The third kappa shape index (κ3) is 3.80. The summed E-state index contributed by atoms with van der Waals surface area (Å²) < 4.78 is 26.7. The predicted octanol–water partition coefficient (Wildman–Crippen LogP) is 1.74. The van der Waals surface area contributed by atoms with Crippen LogP contribution in [0.2, 0.25) is 0 Å². The maximum absolute atomic E-state index is 12.2. The van der Waals surface area contributed by atoms with Gasteiger partial charge < -0.3 is 5.73 Å². The summed E-state index contributed by atoms with van der Waals surface area (Å²) in [6, 6.07) is 6.67. The van der Waals surface area contributed by atoms with Gasteiger partial charge in [0.2, 0.25) is 15.9 Å². The van der Waals surface area contributed by atoms with Crippen molar-refractivity contribution in [2.24, 2.45) is 5.73 Å². The maximum Gasteiger partial charge on any atom is 0.241 e. The second-order valence-corrected chi connectivity index (χ2v) is 7.16. The maximum atomic E-state index is 12.2. The summed E-state index contributed by atoms with van der Waals surface area (Å²) in [7, 11) is -3.76. The van der Waals surface area contributed by atoms with Crippen molar-refractivity contribution in [3.05, 3.63) is 29.8 Å². The Morgan fingerprint density at radius 2 is 1.80 bits per heavy atom. The van der Waals surface area contributed by atoms with Crippen LogP contribution in [0.15, 0.2) is 29.2 Å². The van der Waals surface area contributed by atoms with Gasteiger partial charge in [0, 0.05) is 0 Å². The number of carbonyl (C=O) groups is 1. The lowest BCUT2D eigenvalue weighted by molar-refractivity contribution is -0.122. The molecular weight excluding hydrogens is 276 g/mol. The Labute approximate surface area is 120 Å². The van der Waals surface area contributed by atoms with Gasteiger partial charge in [-0.1, -0.05) is 26.0 Å². The number of rotatable bonds is 6. The topological polar surface area (TPSA) is 89.3 Å². The number of sulfonamides is 1. The van der Waals surface area contributed by atoms with Gasteiger partial charge in [0.1, 0.15) is 5.54 Å². The molecule has 0 saturated carbocycles. The molecule has 1 aromatic rings. The van der Waals surface area contributed by atoms with E-state index < -0.39 is 21.5 Å². The summed E-state index contributed by atoms with van der Waals surface area (Å²) in [6.45, 7) is 7.02. The minimum absolute atomic E-state index is 0.124. The molecule has 0 heterocycles. The second kappa shape index (κ2) is 5.93. The molecule has 20 heavy (non-hydrogen) atoms. The third-order valence-corrected chi connectivity index (χ3v) is 5.05. The molecule has 0 saturated heterocycles. The molecule has 0 spiro atoms. The van der Waals surface area contributed by atoms with E-state index >= 15 is 0 Å². The van der Waals surface area contributed by atoms with Gasteiger partial charge in [0.15, 0.2) is 0 Å². The lowest BCUT2D eigenvalue weighted by Gasteiger charge is -2.22. The number of primary amides is 1. The summed E-state index contributed by atoms with van der Waals surface area (Å²) in [5.41, 5.74) is 4.93. The van der Waals surface area contributed by atoms with E-state index in [9.17, 15) is 13.2 Å². The molecule has 0 fully saturated rings. The largest absolute Gasteiger partial charge is 0.368 e. The molecule has 1 rings (SSSR count). The molecule has 1 atom stereocenters. The summed E-state index contributed by atoms with van der Waals surface area (Å²) in [5.74, 6) is -0.348. The van der Waals surface area contributed by atoms with E-state index in [-0.39, 0.29) is 4.90 Å². The summed E-state index contributed by atoms with van der Waals surface area (Å²) in [4.78, 5) is 11.3. The molecule has 0 aliphatic heterocycles. The Balaban J connectivity index is 3.02. The van der Waals surface area contributed by atoms with Crippen LogP contribution in [0.25, 0.3) is 0 Å². The van der Waals surface area contributed by atoms with Crippen LogP contribution in [0.1, 0.15) is 45.6 Å². The van der Waals surface area contributed by atoms with Crippen molar-refractivity contribution in [3.8, 4) is 0 Å². The Kier molecular flexibility index (Phi) is 4.94. The Morgan fingerprint density at radius 1 is 1.30 bits per heavy atom. The van der Waals surface area contributed by atoms with E-state index in [0.717, 1.165) is 12.0 Å². The highest BCUT2D eigenvalue weighted by atomic mass is 32.2. The number of nitrogens with one attached hydrogen (secondary N) is 1. The zero-order chi connectivity index (χ0) is 15.6. The number of hydrogen-bond donors (Lipinski definition) is 2. The Bertz CT molecular complexity index is 577. The second-order valence-electron chi connectivity index (χ2n) is 5.47. The van der Waals surface area contributed by atoms with Crippen LogP contribution in [0, 0.1) is 0 Å². The van der Waals surface area contributed by atoms with Gasteiger partial charge in [-0.3, -0.25) is 4.79 Å². The van der Waals surface area contributed by atoms with Crippen LogP contribution < -0.4 is 10.5 Å². The first kappa shape index (κ1) is 16.7. The normalized spacial score (nSPS) is 14.0. The summed E-state index contributed by atoms with van der Waals surface area (Å²) in [5, 5.41) is 0. The molecule has 0 bridgehead atoms. The minimum Gasteiger partial charge on any atom is -0.368 e. The molecule has 3 N–H and O–H groups in total. The fourth-order valence-electron chi connectivity index (χ4n) is 1.66. The van der Waals surface area contributed by atoms with E-state index in [4.69, 9.17) is 5.73 Å². The average molecular weight is 298 g/mol. The third-order valence-electron chi connectivity index (χ3n) is 3.38. The summed E-state index contributed by atoms with van der Waals surface area (Å²) >= 11 is 0. The van der Waals surface area contributed by atoms with Gasteiger partial charge in [-0.15, -0.1) is 0 Å². The molecule has 0 aromatic heterocycles. The first-order valence-electron chi connectivity index (χ1n) is 6.54. The molecule has 6 heteroatoms. The Morgan fingerprint density at radius 3 is 2.20 bits per heavy atom. The van der Waals surface area contributed by atoms with Crippen molar-refractivity contribution in [2.45, 2.75) is 50.5 Å². The van der Waals surface area contributed by atoms with Crippen LogP contribution in [-0.2, 0) is 14.8 Å². The highest BCUT2D eigenvalue weighted by Crippen LogP contribution is 2.21. The molecule has 1 aromatic carbocycles. The van der Waals surface area contributed by atoms with E-state index in [1.54, 1.807) is 24.3 Å². The standard InChI is InChI=1S/C14H22N2O3S/c1-5-10(2)11-6-8-12(9-7-11)20(18,19)16-14(3,4)13(15)17/h6-10,16H,5H2,1-4H3,(H2,15,17). The van der Waals surface area contributed by atoms with Gasteiger partial charge in [-0.05, 0) is 43.9 Å².